The van der Waals surface area contributed by atoms with Crippen LogP contribution in [0.2, 0.25) is 5.02 Å². The van der Waals surface area contributed by atoms with Gasteiger partial charge in [0.1, 0.15) is 10.7 Å². The van der Waals surface area contributed by atoms with Gasteiger partial charge in [0, 0.05) is 26.9 Å². The molecule has 0 saturated carbocycles. The molecule has 0 aliphatic carbocycles. The first-order chi connectivity index (χ1) is 11.2. The molecule has 1 aromatic carbocycles. The molecule has 4 rings (SSSR count). The van der Waals surface area contributed by atoms with Gasteiger partial charge in [-0.2, -0.15) is 11.3 Å². The van der Waals surface area contributed by atoms with Gasteiger partial charge in [0.25, 0.3) is 5.91 Å². The first-order valence-electron chi connectivity index (χ1n) is 6.65. The van der Waals surface area contributed by atoms with Crippen LogP contribution in [0.1, 0.15) is 10.5 Å². The lowest BCUT2D eigenvalue weighted by Crippen LogP contribution is -2.11. The lowest BCUT2D eigenvalue weighted by atomic mass is 10.2. The number of hydrogen-bond acceptors (Lipinski definition) is 5. The summed E-state index contributed by atoms with van der Waals surface area (Å²) < 4.78 is 0. The Morgan fingerprint density at radius 2 is 2.13 bits per heavy atom. The zero-order valence-electron chi connectivity index (χ0n) is 11.5. The summed E-state index contributed by atoms with van der Waals surface area (Å²) in [6.45, 7) is 0. The Bertz CT molecular complexity index is 990. The topological polar surface area (TPSA) is 70.7 Å². The van der Waals surface area contributed by atoms with Crippen LogP contribution in [0.4, 0.5) is 5.13 Å². The van der Waals surface area contributed by atoms with Crippen molar-refractivity contribution in [3.63, 3.8) is 0 Å². The van der Waals surface area contributed by atoms with E-state index in [9.17, 15) is 4.79 Å². The highest BCUT2D eigenvalue weighted by molar-refractivity contribution is 7.19. The first kappa shape index (κ1) is 14.4. The number of aromatic nitrogens is 3. The molecule has 0 radical (unpaired) electrons. The average Bonchev–Trinajstić information content (AvgIpc) is 3.26. The molecule has 4 aromatic rings. The highest BCUT2D eigenvalue weighted by atomic mass is 35.5. The number of H-pyrrole nitrogens is 1. The molecule has 5 nitrogen and oxygen atoms in total. The number of aromatic amines is 1. The molecule has 114 valence electrons. The Morgan fingerprint density at radius 1 is 1.22 bits per heavy atom. The number of thiophene rings is 1. The SMILES string of the molecule is O=C(Nc1nnc(-c2ccsc2)s1)c1cc2cc(Cl)ccc2[nH]1. The number of carbonyl (C=O) groups excluding carboxylic acids is 1. The monoisotopic (exact) mass is 360 g/mol. The summed E-state index contributed by atoms with van der Waals surface area (Å²) in [6.07, 6.45) is 0. The highest BCUT2D eigenvalue weighted by Gasteiger charge is 2.13. The van der Waals surface area contributed by atoms with E-state index < -0.39 is 0 Å². The van der Waals surface area contributed by atoms with Crippen molar-refractivity contribution < 1.29 is 4.79 Å². The van der Waals surface area contributed by atoms with Crippen LogP contribution < -0.4 is 5.32 Å². The first-order valence-corrected chi connectivity index (χ1v) is 8.78. The minimum absolute atomic E-state index is 0.259. The van der Waals surface area contributed by atoms with Crippen molar-refractivity contribution in [2.24, 2.45) is 0 Å². The normalized spacial score (nSPS) is 11.0. The van der Waals surface area contributed by atoms with E-state index in [1.54, 1.807) is 23.5 Å². The molecule has 1 amide bonds. The third-order valence-electron chi connectivity index (χ3n) is 3.24. The summed E-state index contributed by atoms with van der Waals surface area (Å²) in [4.78, 5) is 15.4. The molecule has 0 saturated heterocycles. The second kappa shape index (κ2) is 5.77. The number of rotatable bonds is 3. The number of halogens is 1. The van der Waals surface area contributed by atoms with Gasteiger partial charge in [-0.3, -0.25) is 10.1 Å². The number of anilines is 1. The van der Waals surface area contributed by atoms with Crippen LogP contribution in [-0.4, -0.2) is 21.1 Å². The van der Waals surface area contributed by atoms with Crippen LogP contribution >= 0.6 is 34.3 Å². The summed E-state index contributed by atoms with van der Waals surface area (Å²) >= 11 is 8.89. The fourth-order valence-corrected chi connectivity index (χ4v) is 3.80. The summed E-state index contributed by atoms with van der Waals surface area (Å²) in [6, 6.07) is 9.16. The number of nitrogens with one attached hydrogen (secondary N) is 2. The largest absolute Gasteiger partial charge is 0.351 e. The highest BCUT2D eigenvalue weighted by Crippen LogP contribution is 2.28. The van der Waals surface area contributed by atoms with E-state index in [4.69, 9.17) is 11.6 Å². The van der Waals surface area contributed by atoms with E-state index in [1.807, 2.05) is 29.0 Å². The lowest BCUT2D eigenvalue weighted by molar-refractivity contribution is 0.102. The van der Waals surface area contributed by atoms with E-state index in [0.29, 0.717) is 15.8 Å². The maximum absolute atomic E-state index is 12.3. The number of hydrogen-bond donors (Lipinski definition) is 2. The molecule has 3 aromatic heterocycles. The summed E-state index contributed by atoms with van der Waals surface area (Å²) in [7, 11) is 0. The van der Waals surface area contributed by atoms with Gasteiger partial charge in [-0.05, 0) is 35.7 Å². The van der Waals surface area contributed by atoms with Crippen LogP contribution in [0.25, 0.3) is 21.5 Å². The van der Waals surface area contributed by atoms with Crippen LogP contribution in [0.15, 0.2) is 41.1 Å². The number of amides is 1. The van der Waals surface area contributed by atoms with Gasteiger partial charge in [-0.1, -0.05) is 22.9 Å². The Kier molecular flexibility index (Phi) is 3.60. The van der Waals surface area contributed by atoms with Gasteiger partial charge in [0.15, 0.2) is 0 Å². The smallest absolute Gasteiger partial charge is 0.273 e. The fraction of sp³-hybridized carbons (Fsp3) is 0. The molecule has 2 N–H and O–H groups in total. The Morgan fingerprint density at radius 3 is 2.96 bits per heavy atom. The van der Waals surface area contributed by atoms with Crippen molar-refractivity contribution in [3.05, 3.63) is 51.8 Å². The van der Waals surface area contributed by atoms with Crippen LogP contribution in [0.5, 0.6) is 0 Å². The Labute approximate surface area is 144 Å². The minimum Gasteiger partial charge on any atom is -0.351 e. The van der Waals surface area contributed by atoms with Crippen molar-refractivity contribution in [1.82, 2.24) is 15.2 Å². The zero-order chi connectivity index (χ0) is 15.8. The molecule has 8 heteroatoms. The molecule has 3 heterocycles. The number of carbonyl (C=O) groups is 1. The predicted octanol–water partition coefficient (Wildman–Crippen LogP) is 4.65. The average molecular weight is 361 g/mol. The van der Waals surface area contributed by atoms with E-state index >= 15 is 0 Å². The predicted molar refractivity (Wildman–Crippen MR) is 94.5 cm³/mol. The molecular formula is C15H9ClN4OS2. The molecule has 0 spiro atoms. The summed E-state index contributed by atoms with van der Waals surface area (Å²) in [5.41, 5.74) is 2.32. The maximum atomic E-state index is 12.3. The van der Waals surface area contributed by atoms with Crippen molar-refractivity contribution >= 4 is 56.2 Å². The van der Waals surface area contributed by atoms with Crippen molar-refractivity contribution in [2.75, 3.05) is 5.32 Å². The van der Waals surface area contributed by atoms with Gasteiger partial charge in [-0.15, -0.1) is 10.2 Å². The number of fused-ring (bicyclic) bond motifs is 1. The quantitative estimate of drug-likeness (QED) is 0.558. The Balaban J connectivity index is 1.57. The number of benzene rings is 1. The van der Waals surface area contributed by atoms with Crippen LogP contribution in [-0.2, 0) is 0 Å². The van der Waals surface area contributed by atoms with E-state index in [0.717, 1.165) is 21.5 Å². The third kappa shape index (κ3) is 2.86. The Hall–Kier alpha value is -2.22. The molecule has 0 aliphatic rings. The molecule has 0 fully saturated rings. The molecule has 0 atom stereocenters. The van der Waals surface area contributed by atoms with Crippen molar-refractivity contribution in [1.29, 1.82) is 0 Å². The molecule has 0 unspecified atom stereocenters. The third-order valence-corrected chi connectivity index (χ3v) is 5.05. The summed E-state index contributed by atoms with van der Waals surface area (Å²) in [5, 5.41) is 17.6. The molecule has 0 aliphatic heterocycles. The van der Waals surface area contributed by atoms with Crippen molar-refractivity contribution in [2.45, 2.75) is 0 Å². The van der Waals surface area contributed by atoms with Crippen LogP contribution in [0.3, 0.4) is 0 Å². The summed E-state index contributed by atoms with van der Waals surface area (Å²) in [5.74, 6) is -0.259. The van der Waals surface area contributed by atoms with Gasteiger partial charge in [-0.25, -0.2) is 0 Å². The van der Waals surface area contributed by atoms with Gasteiger partial charge in [0.2, 0.25) is 5.13 Å². The van der Waals surface area contributed by atoms with Gasteiger partial charge in [0.05, 0.1) is 0 Å². The lowest BCUT2D eigenvalue weighted by Gasteiger charge is -1.97. The molecule has 23 heavy (non-hydrogen) atoms. The minimum atomic E-state index is -0.259. The van der Waals surface area contributed by atoms with Crippen LogP contribution in [0, 0.1) is 0 Å². The zero-order valence-corrected chi connectivity index (χ0v) is 13.9. The van der Waals surface area contributed by atoms with Crippen molar-refractivity contribution in [3.8, 4) is 10.6 Å². The second-order valence-corrected chi connectivity index (χ2v) is 6.99. The molecular weight excluding hydrogens is 352 g/mol. The van der Waals surface area contributed by atoms with E-state index in [-0.39, 0.29) is 5.91 Å². The number of nitrogens with zero attached hydrogens (tertiary/aromatic N) is 2. The van der Waals surface area contributed by atoms with Gasteiger partial charge < -0.3 is 4.98 Å². The van der Waals surface area contributed by atoms with Gasteiger partial charge >= 0.3 is 0 Å². The second-order valence-electron chi connectivity index (χ2n) is 4.79. The maximum Gasteiger partial charge on any atom is 0.273 e. The van der Waals surface area contributed by atoms with E-state index in [1.165, 1.54) is 11.3 Å². The van der Waals surface area contributed by atoms with E-state index in [2.05, 4.69) is 20.5 Å². The standard InChI is InChI=1S/C15H9ClN4OS2/c16-10-1-2-11-9(5-10)6-12(17-11)13(21)18-15-20-19-14(23-15)8-3-4-22-7-8/h1-7,17H,(H,18,20,21). The fourth-order valence-electron chi connectivity index (χ4n) is 2.17. The molecule has 0 bridgehead atoms.